The molecule has 0 amide bonds. The number of anilines is 2. The lowest BCUT2D eigenvalue weighted by atomic mass is 9.74. The number of nitrogens with zero attached hydrogens (tertiary/aromatic N) is 3. The Kier molecular flexibility index (Phi) is 4.69. The fraction of sp³-hybridized carbons (Fsp3) is 0.391. The number of H-pyrrole nitrogens is 1. The SMILES string of the molecule is Cc1cccc2c(=O)[nH]c(N3CCC4(CC3)CN(CCO)c3cc(F)cc(F)c34)nc12. The van der Waals surface area contributed by atoms with E-state index in [9.17, 15) is 18.7 Å². The quantitative estimate of drug-likeness (QED) is 0.674. The van der Waals surface area contributed by atoms with Crippen LogP contribution in [0.15, 0.2) is 35.1 Å². The molecule has 0 atom stereocenters. The number of hydrogen-bond acceptors (Lipinski definition) is 5. The highest BCUT2D eigenvalue weighted by Gasteiger charge is 2.47. The average molecular weight is 426 g/mol. The molecule has 6 nitrogen and oxygen atoms in total. The van der Waals surface area contributed by atoms with Crippen LogP contribution >= 0.6 is 0 Å². The Labute approximate surface area is 178 Å². The van der Waals surface area contributed by atoms with Gasteiger partial charge in [-0.25, -0.2) is 13.8 Å². The first-order valence-corrected chi connectivity index (χ1v) is 10.5. The highest BCUT2D eigenvalue weighted by atomic mass is 19.1. The third kappa shape index (κ3) is 3.17. The highest BCUT2D eigenvalue weighted by Crippen LogP contribution is 2.48. The van der Waals surface area contributed by atoms with Crippen molar-refractivity contribution in [3.8, 4) is 0 Å². The van der Waals surface area contributed by atoms with Crippen LogP contribution < -0.4 is 15.4 Å². The van der Waals surface area contributed by atoms with Crippen molar-refractivity contribution >= 4 is 22.5 Å². The number of fused-ring (bicyclic) bond motifs is 3. The van der Waals surface area contributed by atoms with Gasteiger partial charge in [-0.05, 0) is 37.5 Å². The van der Waals surface area contributed by atoms with E-state index in [-0.39, 0.29) is 12.2 Å². The van der Waals surface area contributed by atoms with Gasteiger partial charge in [0.25, 0.3) is 5.56 Å². The second kappa shape index (κ2) is 7.30. The van der Waals surface area contributed by atoms with Crippen LogP contribution in [0.5, 0.6) is 0 Å². The smallest absolute Gasteiger partial charge is 0.260 e. The lowest BCUT2D eigenvalue weighted by molar-refractivity contribution is 0.293. The Bertz CT molecular complexity index is 1220. The first kappa shape index (κ1) is 19.9. The minimum absolute atomic E-state index is 0.0820. The maximum Gasteiger partial charge on any atom is 0.260 e. The first-order valence-electron chi connectivity index (χ1n) is 10.5. The fourth-order valence-electron chi connectivity index (χ4n) is 5.18. The zero-order valence-corrected chi connectivity index (χ0v) is 17.3. The summed E-state index contributed by atoms with van der Waals surface area (Å²) in [5.41, 5.74) is 2.07. The van der Waals surface area contributed by atoms with Crippen LogP contribution in [0.25, 0.3) is 10.9 Å². The maximum absolute atomic E-state index is 14.9. The number of aryl methyl sites for hydroxylation is 1. The summed E-state index contributed by atoms with van der Waals surface area (Å²) in [6.45, 7) is 3.89. The number of para-hydroxylation sites is 1. The average Bonchev–Trinajstić information content (AvgIpc) is 3.02. The molecule has 2 N–H and O–H groups in total. The molecule has 2 aliphatic heterocycles. The number of nitrogens with one attached hydrogen (secondary N) is 1. The van der Waals surface area contributed by atoms with Gasteiger partial charge in [0.1, 0.15) is 11.6 Å². The number of halogens is 2. The Balaban J connectivity index is 1.47. The van der Waals surface area contributed by atoms with Crippen molar-refractivity contribution in [1.82, 2.24) is 9.97 Å². The number of β-amino-alcohol motifs (C(OH)–C–C–N with tert-alkyl or cyclic N) is 1. The van der Waals surface area contributed by atoms with E-state index in [2.05, 4.69) is 4.98 Å². The Morgan fingerprint density at radius 2 is 2.00 bits per heavy atom. The van der Waals surface area contributed by atoms with Gasteiger partial charge in [-0.1, -0.05) is 12.1 Å². The largest absolute Gasteiger partial charge is 0.395 e. The minimum atomic E-state index is -0.609. The van der Waals surface area contributed by atoms with E-state index in [0.717, 1.165) is 11.6 Å². The molecule has 162 valence electrons. The molecule has 0 unspecified atom stereocenters. The van der Waals surface area contributed by atoms with Crippen molar-refractivity contribution < 1.29 is 13.9 Å². The van der Waals surface area contributed by atoms with Crippen molar-refractivity contribution in [1.29, 1.82) is 0 Å². The Morgan fingerprint density at radius 3 is 2.74 bits per heavy atom. The van der Waals surface area contributed by atoms with Gasteiger partial charge in [-0.3, -0.25) is 9.78 Å². The zero-order valence-electron chi connectivity index (χ0n) is 17.3. The van der Waals surface area contributed by atoms with Gasteiger partial charge in [0.15, 0.2) is 0 Å². The van der Waals surface area contributed by atoms with Crippen LogP contribution in [0, 0.1) is 18.6 Å². The third-order valence-corrected chi connectivity index (χ3v) is 6.71. The van der Waals surface area contributed by atoms with Crippen molar-refractivity contribution in [3.63, 3.8) is 0 Å². The van der Waals surface area contributed by atoms with E-state index in [1.165, 1.54) is 6.07 Å². The van der Waals surface area contributed by atoms with E-state index in [0.29, 0.717) is 67.1 Å². The number of piperidine rings is 1. The van der Waals surface area contributed by atoms with Gasteiger partial charge in [0, 0.05) is 48.9 Å². The third-order valence-electron chi connectivity index (χ3n) is 6.71. The van der Waals surface area contributed by atoms with Crippen molar-refractivity contribution in [2.24, 2.45) is 0 Å². The number of aliphatic hydroxyl groups excluding tert-OH is 1. The molecule has 3 aromatic rings. The number of aliphatic hydroxyl groups is 1. The topological polar surface area (TPSA) is 72.5 Å². The Hall–Kier alpha value is -3.00. The van der Waals surface area contributed by atoms with Crippen molar-refractivity contribution in [2.75, 3.05) is 42.6 Å². The van der Waals surface area contributed by atoms with E-state index >= 15 is 0 Å². The summed E-state index contributed by atoms with van der Waals surface area (Å²) < 4.78 is 28.8. The normalized spacial score (nSPS) is 17.5. The maximum atomic E-state index is 14.9. The van der Waals surface area contributed by atoms with E-state index in [1.807, 2.05) is 28.9 Å². The van der Waals surface area contributed by atoms with Gasteiger partial charge in [-0.15, -0.1) is 0 Å². The van der Waals surface area contributed by atoms with Gasteiger partial charge in [0.05, 0.1) is 17.5 Å². The molecule has 0 radical (unpaired) electrons. The second-order valence-electron chi connectivity index (χ2n) is 8.55. The predicted molar refractivity (Wildman–Crippen MR) is 116 cm³/mol. The summed E-state index contributed by atoms with van der Waals surface area (Å²) in [5, 5.41) is 9.98. The molecule has 31 heavy (non-hydrogen) atoms. The molecule has 8 heteroatoms. The van der Waals surface area contributed by atoms with E-state index in [4.69, 9.17) is 4.98 Å². The summed E-state index contributed by atoms with van der Waals surface area (Å²) in [4.78, 5) is 24.0. The van der Waals surface area contributed by atoms with E-state index < -0.39 is 17.0 Å². The minimum Gasteiger partial charge on any atom is -0.395 e. The van der Waals surface area contributed by atoms with Crippen LogP contribution in [-0.4, -0.2) is 47.9 Å². The molecular weight excluding hydrogens is 402 g/mol. The molecule has 2 aliphatic rings. The second-order valence-corrected chi connectivity index (χ2v) is 8.55. The summed E-state index contributed by atoms with van der Waals surface area (Å²) in [5.74, 6) is -0.620. The lowest BCUT2D eigenvalue weighted by Crippen LogP contribution is -2.46. The van der Waals surface area contributed by atoms with Crippen LogP contribution in [0.3, 0.4) is 0 Å². The molecular formula is C23H24F2N4O2. The van der Waals surface area contributed by atoms with Gasteiger partial charge >= 0.3 is 0 Å². The number of aromatic amines is 1. The van der Waals surface area contributed by atoms with Gasteiger partial charge in [0.2, 0.25) is 5.95 Å². The lowest BCUT2D eigenvalue weighted by Gasteiger charge is -2.40. The molecule has 1 fully saturated rings. The number of benzene rings is 2. The fourth-order valence-corrected chi connectivity index (χ4v) is 5.18. The molecule has 3 heterocycles. The number of aromatic nitrogens is 2. The molecule has 0 bridgehead atoms. The van der Waals surface area contributed by atoms with Crippen LogP contribution in [-0.2, 0) is 5.41 Å². The summed E-state index contributed by atoms with van der Waals surface area (Å²) in [6, 6.07) is 7.83. The predicted octanol–water partition coefficient (Wildman–Crippen LogP) is 2.86. The molecule has 1 saturated heterocycles. The molecule has 0 aliphatic carbocycles. The van der Waals surface area contributed by atoms with Crippen molar-refractivity contribution in [2.45, 2.75) is 25.2 Å². The van der Waals surface area contributed by atoms with Gasteiger partial charge < -0.3 is 14.9 Å². The summed E-state index contributed by atoms with van der Waals surface area (Å²) in [6.07, 6.45) is 1.28. The van der Waals surface area contributed by atoms with Crippen LogP contribution in [0.4, 0.5) is 20.4 Å². The van der Waals surface area contributed by atoms with E-state index in [1.54, 1.807) is 6.07 Å². The monoisotopic (exact) mass is 426 g/mol. The number of hydrogen-bond donors (Lipinski definition) is 2. The molecule has 5 rings (SSSR count). The number of rotatable bonds is 3. The summed E-state index contributed by atoms with van der Waals surface area (Å²) >= 11 is 0. The Morgan fingerprint density at radius 1 is 1.23 bits per heavy atom. The molecule has 1 spiro atoms. The summed E-state index contributed by atoms with van der Waals surface area (Å²) in [7, 11) is 0. The molecule has 2 aromatic carbocycles. The van der Waals surface area contributed by atoms with Crippen molar-refractivity contribution in [3.05, 3.63) is 63.4 Å². The van der Waals surface area contributed by atoms with Gasteiger partial charge in [-0.2, -0.15) is 0 Å². The van der Waals surface area contributed by atoms with Crippen LogP contribution in [0.2, 0.25) is 0 Å². The standard InChI is InChI=1S/C23H24F2N4O2/c1-14-3-2-4-16-20(14)26-22(27-21(16)31)28-7-5-23(6-8-28)13-29(9-10-30)18-12-15(24)11-17(25)19(18)23/h2-4,11-12,30H,5-10,13H2,1H3,(H,26,27,31). The molecule has 1 aromatic heterocycles. The molecule has 0 saturated carbocycles. The first-order chi connectivity index (χ1) is 14.9. The highest BCUT2D eigenvalue weighted by molar-refractivity contribution is 5.81. The van der Waals surface area contributed by atoms with Crippen LogP contribution in [0.1, 0.15) is 24.0 Å². The zero-order chi connectivity index (χ0) is 21.8.